The van der Waals surface area contributed by atoms with Gasteiger partial charge in [-0.1, -0.05) is 29.8 Å². The molecule has 26 heavy (non-hydrogen) atoms. The molecule has 0 bridgehead atoms. The molecule has 0 aliphatic rings. The molecule has 0 fully saturated rings. The quantitative estimate of drug-likeness (QED) is 0.673. The van der Waals surface area contributed by atoms with Crippen LogP contribution < -0.4 is 15.4 Å². The fourth-order valence-electron chi connectivity index (χ4n) is 2.89. The Hall–Kier alpha value is -3.15. The van der Waals surface area contributed by atoms with Crippen molar-refractivity contribution in [2.24, 2.45) is 0 Å². The van der Waals surface area contributed by atoms with Gasteiger partial charge in [0.2, 0.25) is 5.95 Å². The molecule has 2 aromatic carbocycles. The lowest BCUT2D eigenvalue weighted by molar-refractivity contribution is 0.342. The van der Waals surface area contributed by atoms with Gasteiger partial charge in [-0.05, 0) is 51.0 Å². The zero-order valence-corrected chi connectivity index (χ0v) is 15.5. The summed E-state index contributed by atoms with van der Waals surface area (Å²) in [5, 5.41) is 14.6. The highest BCUT2D eigenvalue weighted by Crippen LogP contribution is 2.27. The van der Waals surface area contributed by atoms with Gasteiger partial charge in [-0.15, -0.1) is 5.10 Å². The van der Waals surface area contributed by atoms with E-state index in [0.29, 0.717) is 18.4 Å². The predicted molar refractivity (Wildman–Crippen MR) is 105 cm³/mol. The Kier molecular flexibility index (Phi) is 5.31. The van der Waals surface area contributed by atoms with Gasteiger partial charge >= 0.3 is 0 Å². The van der Waals surface area contributed by atoms with E-state index >= 15 is 0 Å². The first-order valence-corrected chi connectivity index (χ1v) is 8.60. The summed E-state index contributed by atoms with van der Waals surface area (Å²) in [7, 11) is 0. The van der Waals surface area contributed by atoms with Crippen LogP contribution in [0.2, 0.25) is 0 Å². The summed E-state index contributed by atoms with van der Waals surface area (Å²) < 4.78 is 5.62. The number of hydrogen-bond donors (Lipinski definition) is 2. The second-order valence-electron chi connectivity index (χ2n) is 6.12. The van der Waals surface area contributed by atoms with Crippen molar-refractivity contribution >= 4 is 23.1 Å². The van der Waals surface area contributed by atoms with E-state index in [0.717, 1.165) is 28.3 Å². The van der Waals surface area contributed by atoms with Crippen molar-refractivity contribution in [2.45, 2.75) is 27.7 Å². The Morgan fingerprint density at radius 1 is 1.00 bits per heavy atom. The standard InChI is InChI=1S/C20H23N5O/c1-5-26-17-9-7-6-8-16(17)22-20-24-18(12-21-25-20)23-19-14(3)10-13(2)11-15(19)4/h6-12H,5H2,1-4H3,(H2,22,23,24,25). The highest BCUT2D eigenvalue weighted by atomic mass is 16.5. The molecule has 0 unspecified atom stereocenters. The average molecular weight is 349 g/mol. The molecular formula is C20H23N5O. The molecule has 0 saturated heterocycles. The Labute approximate surface area is 153 Å². The van der Waals surface area contributed by atoms with Gasteiger partial charge < -0.3 is 15.4 Å². The van der Waals surface area contributed by atoms with Crippen molar-refractivity contribution in [3.63, 3.8) is 0 Å². The van der Waals surface area contributed by atoms with Gasteiger partial charge in [0.25, 0.3) is 0 Å². The summed E-state index contributed by atoms with van der Waals surface area (Å²) in [5.41, 5.74) is 5.41. The van der Waals surface area contributed by atoms with Gasteiger partial charge in [-0.2, -0.15) is 10.1 Å². The van der Waals surface area contributed by atoms with Crippen LogP contribution in [-0.2, 0) is 0 Å². The van der Waals surface area contributed by atoms with Crippen LogP contribution in [0.25, 0.3) is 0 Å². The van der Waals surface area contributed by atoms with E-state index in [1.54, 1.807) is 6.20 Å². The van der Waals surface area contributed by atoms with Crippen molar-refractivity contribution in [3.05, 3.63) is 59.3 Å². The molecule has 134 valence electrons. The summed E-state index contributed by atoms with van der Waals surface area (Å²) in [5.74, 6) is 1.79. The predicted octanol–water partition coefficient (Wildman–Crippen LogP) is 4.68. The molecule has 1 aromatic heterocycles. The molecule has 0 spiro atoms. The number of aryl methyl sites for hydroxylation is 3. The summed E-state index contributed by atoms with van der Waals surface area (Å²) in [4.78, 5) is 4.52. The largest absolute Gasteiger partial charge is 0.492 e. The number of anilines is 4. The molecule has 2 N–H and O–H groups in total. The molecule has 1 heterocycles. The van der Waals surface area contributed by atoms with E-state index < -0.39 is 0 Å². The number of aromatic nitrogens is 3. The van der Waals surface area contributed by atoms with Gasteiger partial charge in [0.1, 0.15) is 5.75 Å². The fourth-order valence-corrected chi connectivity index (χ4v) is 2.89. The number of benzene rings is 2. The lowest BCUT2D eigenvalue weighted by atomic mass is 10.1. The van der Waals surface area contributed by atoms with Crippen molar-refractivity contribution in [2.75, 3.05) is 17.2 Å². The van der Waals surface area contributed by atoms with Crippen LogP contribution in [0.1, 0.15) is 23.6 Å². The van der Waals surface area contributed by atoms with Gasteiger partial charge in [-0.3, -0.25) is 0 Å². The maximum absolute atomic E-state index is 5.62. The third-order valence-electron chi connectivity index (χ3n) is 3.92. The van der Waals surface area contributed by atoms with Gasteiger partial charge in [0.05, 0.1) is 18.5 Å². The normalized spacial score (nSPS) is 10.5. The first kappa shape index (κ1) is 17.7. The molecule has 0 atom stereocenters. The molecule has 6 nitrogen and oxygen atoms in total. The Bertz CT molecular complexity index is 887. The molecule has 0 saturated carbocycles. The van der Waals surface area contributed by atoms with E-state index in [1.165, 1.54) is 5.56 Å². The third kappa shape index (κ3) is 4.08. The second-order valence-corrected chi connectivity index (χ2v) is 6.12. The van der Waals surface area contributed by atoms with Crippen molar-refractivity contribution in [1.29, 1.82) is 0 Å². The number of rotatable bonds is 6. The minimum Gasteiger partial charge on any atom is -0.492 e. The molecule has 6 heteroatoms. The number of ether oxygens (including phenoxy) is 1. The van der Waals surface area contributed by atoms with Crippen molar-refractivity contribution < 1.29 is 4.74 Å². The van der Waals surface area contributed by atoms with E-state index in [-0.39, 0.29) is 0 Å². The minimum atomic E-state index is 0.407. The molecule has 3 aromatic rings. The van der Waals surface area contributed by atoms with E-state index in [1.807, 2.05) is 31.2 Å². The van der Waals surface area contributed by atoms with Crippen LogP contribution in [0, 0.1) is 20.8 Å². The minimum absolute atomic E-state index is 0.407. The van der Waals surface area contributed by atoms with Crippen LogP contribution in [0.3, 0.4) is 0 Å². The van der Waals surface area contributed by atoms with Crippen LogP contribution in [0.5, 0.6) is 5.75 Å². The smallest absolute Gasteiger partial charge is 0.249 e. The van der Waals surface area contributed by atoms with Crippen LogP contribution >= 0.6 is 0 Å². The van der Waals surface area contributed by atoms with Crippen molar-refractivity contribution in [3.8, 4) is 5.75 Å². The zero-order valence-electron chi connectivity index (χ0n) is 15.5. The summed E-state index contributed by atoms with van der Waals surface area (Å²) in [6, 6.07) is 12.0. The SMILES string of the molecule is CCOc1ccccc1Nc1nncc(Nc2c(C)cc(C)cc2C)n1. The zero-order chi connectivity index (χ0) is 18.5. The lowest BCUT2D eigenvalue weighted by Crippen LogP contribution is -2.05. The molecule has 0 amide bonds. The highest BCUT2D eigenvalue weighted by Gasteiger charge is 2.09. The Balaban J connectivity index is 1.84. The van der Waals surface area contributed by atoms with Crippen LogP contribution in [-0.4, -0.2) is 21.8 Å². The first-order chi connectivity index (χ1) is 12.6. The first-order valence-electron chi connectivity index (χ1n) is 8.60. The Morgan fingerprint density at radius 3 is 2.46 bits per heavy atom. The van der Waals surface area contributed by atoms with E-state index in [9.17, 15) is 0 Å². The lowest BCUT2D eigenvalue weighted by Gasteiger charge is -2.14. The van der Waals surface area contributed by atoms with Gasteiger partial charge in [0.15, 0.2) is 5.82 Å². The number of nitrogens with one attached hydrogen (secondary N) is 2. The van der Waals surface area contributed by atoms with Gasteiger partial charge in [-0.25, -0.2) is 0 Å². The average Bonchev–Trinajstić information content (AvgIpc) is 2.60. The molecular weight excluding hydrogens is 326 g/mol. The van der Waals surface area contributed by atoms with Crippen LogP contribution in [0.15, 0.2) is 42.6 Å². The molecule has 0 radical (unpaired) electrons. The number of para-hydroxylation sites is 2. The maximum Gasteiger partial charge on any atom is 0.249 e. The number of nitrogens with zero attached hydrogens (tertiary/aromatic N) is 3. The summed E-state index contributed by atoms with van der Waals surface area (Å²) in [6.45, 7) is 8.79. The maximum atomic E-state index is 5.62. The monoisotopic (exact) mass is 349 g/mol. The fraction of sp³-hybridized carbons (Fsp3) is 0.250. The molecule has 0 aliphatic heterocycles. The van der Waals surface area contributed by atoms with E-state index in [2.05, 4.69) is 58.7 Å². The highest BCUT2D eigenvalue weighted by molar-refractivity contribution is 5.66. The molecule has 0 aliphatic carbocycles. The second kappa shape index (κ2) is 7.82. The Morgan fingerprint density at radius 2 is 1.73 bits per heavy atom. The van der Waals surface area contributed by atoms with Crippen LogP contribution in [0.4, 0.5) is 23.1 Å². The van der Waals surface area contributed by atoms with E-state index in [4.69, 9.17) is 4.74 Å². The third-order valence-corrected chi connectivity index (χ3v) is 3.92. The molecule has 3 rings (SSSR count). The summed E-state index contributed by atoms with van der Waals surface area (Å²) in [6.07, 6.45) is 1.61. The summed E-state index contributed by atoms with van der Waals surface area (Å²) >= 11 is 0. The number of hydrogen-bond acceptors (Lipinski definition) is 6. The topological polar surface area (TPSA) is 72.0 Å². The van der Waals surface area contributed by atoms with Gasteiger partial charge in [0, 0.05) is 5.69 Å². The van der Waals surface area contributed by atoms with Crippen molar-refractivity contribution in [1.82, 2.24) is 15.2 Å².